The van der Waals surface area contributed by atoms with Gasteiger partial charge in [0.15, 0.2) is 0 Å². The van der Waals surface area contributed by atoms with Gasteiger partial charge >= 0.3 is 5.97 Å². The Morgan fingerprint density at radius 1 is 1.58 bits per heavy atom. The van der Waals surface area contributed by atoms with Crippen LogP contribution in [0.5, 0.6) is 0 Å². The predicted octanol–water partition coefficient (Wildman–Crippen LogP) is 2.49. The topological polar surface area (TPSA) is 63.0 Å². The Balaban J connectivity index is 2.08. The molecule has 1 aliphatic carbocycles. The van der Waals surface area contributed by atoms with Crippen molar-refractivity contribution in [2.24, 2.45) is 0 Å². The number of hydrogen-bond donors (Lipinski definition) is 0. The van der Waals surface area contributed by atoms with E-state index >= 15 is 0 Å². The van der Waals surface area contributed by atoms with Gasteiger partial charge in [0.1, 0.15) is 11.1 Å². The first kappa shape index (κ1) is 13.9. The molecule has 0 spiro atoms. The van der Waals surface area contributed by atoms with Gasteiger partial charge in [-0.25, -0.2) is 4.98 Å². The van der Waals surface area contributed by atoms with Crippen molar-refractivity contribution in [2.45, 2.75) is 44.2 Å². The second-order valence-electron chi connectivity index (χ2n) is 4.74. The number of fused-ring (bicyclic) bond motifs is 1. The summed E-state index contributed by atoms with van der Waals surface area (Å²) in [7, 11) is 0. The molecule has 0 N–H and O–H groups in total. The predicted molar refractivity (Wildman–Crippen MR) is 72.9 cm³/mol. The van der Waals surface area contributed by atoms with Crippen molar-refractivity contribution < 1.29 is 9.53 Å². The van der Waals surface area contributed by atoms with Gasteiger partial charge in [-0.1, -0.05) is 11.8 Å². The maximum absolute atomic E-state index is 11.5. The molecule has 1 aromatic rings. The summed E-state index contributed by atoms with van der Waals surface area (Å²) in [6, 6.07) is 4.06. The highest BCUT2D eigenvalue weighted by molar-refractivity contribution is 7.99. The molecule has 2 rings (SSSR count). The van der Waals surface area contributed by atoms with Crippen molar-refractivity contribution >= 4 is 17.7 Å². The molecule has 0 aliphatic heterocycles. The molecule has 5 heteroatoms. The molecule has 0 aromatic carbocycles. The van der Waals surface area contributed by atoms with Crippen LogP contribution in [0.1, 0.15) is 37.1 Å². The lowest BCUT2D eigenvalue weighted by molar-refractivity contribution is -0.144. The fourth-order valence-corrected chi connectivity index (χ4v) is 2.82. The Morgan fingerprint density at radius 2 is 2.37 bits per heavy atom. The average Bonchev–Trinajstić information content (AvgIpc) is 2.81. The van der Waals surface area contributed by atoms with E-state index in [1.54, 1.807) is 0 Å². The molecule has 1 aromatic heterocycles. The molecule has 0 amide bonds. The highest BCUT2D eigenvalue weighted by Gasteiger charge is 2.17. The van der Waals surface area contributed by atoms with Crippen LogP contribution in [0.15, 0.2) is 11.1 Å². The molecule has 0 unspecified atom stereocenters. The zero-order valence-corrected chi connectivity index (χ0v) is 11.9. The Kier molecular flexibility index (Phi) is 4.43. The summed E-state index contributed by atoms with van der Waals surface area (Å²) in [5.74, 6) is -0.0789. The van der Waals surface area contributed by atoms with E-state index in [0.717, 1.165) is 25.0 Å². The number of ether oxygens (including phenoxy) is 1. The molecule has 4 nitrogen and oxygen atoms in total. The van der Waals surface area contributed by atoms with Crippen LogP contribution in [-0.2, 0) is 22.4 Å². The van der Waals surface area contributed by atoms with Gasteiger partial charge in [-0.3, -0.25) is 4.79 Å². The van der Waals surface area contributed by atoms with Gasteiger partial charge in [0.25, 0.3) is 0 Å². The van der Waals surface area contributed by atoms with Crippen LogP contribution in [0, 0.1) is 11.3 Å². The molecular weight excluding hydrogens is 260 g/mol. The number of thioether (sulfide) groups is 1. The van der Waals surface area contributed by atoms with E-state index < -0.39 is 0 Å². The summed E-state index contributed by atoms with van der Waals surface area (Å²) >= 11 is 1.28. The number of hydrogen-bond acceptors (Lipinski definition) is 5. The standard InChI is InChI=1S/C14H16N2O2S/c1-9(2)18-13(17)8-19-14-11(7-15)6-10-4-3-5-12(10)16-14/h6,9H,3-5,8H2,1-2H3. The highest BCUT2D eigenvalue weighted by atomic mass is 32.2. The van der Waals surface area contributed by atoms with E-state index in [1.807, 2.05) is 19.9 Å². The van der Waals surface area contributed by atoms with Crippen molar-refractivity contribution in [1.82, 2.24) is 4.98 Å². The van der Waals surface area contributed by atoms with Gasteiger partial charge in [0.2, 0.25) is 0 Å². The summed E-state index contributed by atoms with van der Waals surface area (Å²) in [5, 5.41) is 9.78. The van der Waals surface area contributed by atoms with Crippen molar-refractivity contribution in [3.05, 3.63) is 22.9 Å². The maximum Gasteiger partial charge on any atom is 0.316 e. The van der Waals surface area contributed by atoms with Crippen LogP contribution in [0.2, 0.25) is 0 Å². The second-order valence-corrected chi connectivity index (χ2v) is 5.70. The fraction of sp³-hybridized carbons (Fsp3) is 0.500. The van der Waals surface area contributed by atoms with Crippen molar-refractivity contribution in [3.63, 3.8) is 0 Å². The molecule has 0 radical (unpaired) electrons. The van der Waals surface area contributed by atoms with Gasteiger partial charge in [0.05, 0.1) is 17.4 Å². The molecule has 19 heavy (non-hydrogen) atoms. The Bertz CT molecular complexity index is 535. The first-order chi connectivity index (χ1) is 9.10. The first-order valence-corrected chi connectivity index (χ1v) is 7.34. The summed E-state index contributed by atoms with van der Waals surface area (Å²) in [6.07, 6.45) is 2.94. The molecule has 0 saturated heterocycles. The lowest BCUT2D eigenvalue weighted by Gasteiger charge is -2.09. The second kappa shape index (κ2) is 6.07. The third kappa shape index (κ3) is 3.48. The zero-order valence-electron chi connectivity index (χ0n) is 11.1. The molecule has 0 fully saturated rings. The number of nitrogens with zero attached hydrogens (tertiary/aromatic N) is 2. The number of rotatable bonds is 4. The van der Waals surface area contributed by atoms with E-state index in [1.165, 1.54) is 17.3 Å². The smallest absolute Gasteiger partial charge is 0.316 e. The minimum Gasteiger partial charge on any atom is -0.462 e. The number of carbonyl (C=O) groups is 1. The SMILES string of the molecule is CC(C)OC(=O)CSc1nc2c(cc1C#N)CCC2. The zero-order chi connectivity index (χ0) is 13.8. The maximum atomic E-state index is 11.5. The van der Waals surface area contributed by atoms with E-state index in [4.69, 9.17) is 10.00 Å². The van der Waals surface area contributed by atoms with E-state index in [2.05, 4.69) is 11.1 Å². The highest BCUT2D eigenvalue weighted by Crippen LogP contribution is 2.27. The van der Waals surface area contributed by atoms with Gasteiger partial charge in [-0.05, 0) is 44.7 Å². The molecular formula is C14H16N2O2S. The van der Waals surface area contributed by atoms with Crippen molar-refractivity contribution in [2.75, 3.05) is 5.75 Å². The Labute approximate surface area is 117 Å². The van der Waals surface area contributed by atoms with Crippen LogP contribution in [0.4, 0.5) is 0 Å². The number of pyridine rings is 1. The third-order valence-electron chi connectivity index (χ3n) is 2.83. The number of carbonyl (C=O) groups excluding carboxylic acids is 1. The monoisotopic (exact) mass is 276 g/mol. The third-order valence-corrected chi connectivity index (χ3v) is 3.79. The van der Waals surface area contributed by atoms with Crippen LogP contribution >= 0.6 is 11.8 Å². The van der Waals surface area contributed by atoms with E-state index in [0.29, 0.717) is 10.6 Å². The largest absolute Gasteiger partial charge is 0.462 e. The summed E-state index contributed by atoms with van der Waals surface area (Å²) in [5.41, 5.74) is 2.80. The Morgan fingerprint density at radius 3 is 3.05 bits per heavy atom. The molecule has 100 valence electrons. The molecule has 1 aliphatic rings. The quantitative estimate of drug-likeness (QED) is 0.624. The Hall–Kier alpha value is -1.54. The fourth-order valence-electron chi connectivity index (χ4n) is 2.07. The van der Waals surface area contributed by atoms with Crippen molar-refractivity contribution in [1.29, 1.82) is 5.26 Å². The van der Waals surface area contributed by atoms with Crippen LogP contribution in [-0.4, -0.2) is 22.8 Å². The number of aryl methyl sites for hydroxylation is 2. The van der Waals surface area contributed by atoms with Gasteiger partial charge < -0.3 is 4.74 Å². The summed E-state index contributed by atoms with van der Waals surface area (Å²) < 4.78 is 5.07. The van der Waals surface area contributed by atoms with Gasteiger partial charge in [-0.15, -0.1) is 0 Å². The van der Waals surface area contributed by atoms with Gasteiger partial charge in [0, 0.05) is 5.69 Å². The number of aromatic nitrogens is 1. The van der Waals surface area contributed by atoms with Crippen LogP contribution in [0.25, 0.3) is 0 Å². The lowest BCUT2D eigenvalue weighted by Crippen LogP contribution is -2.13. The first-order valence-electron chi connectivity index (χ1n) is 6.35. The number of nitriles is 1. The molecule has 0 saturated carbocycles. The van der Waals surface area contributed by atoms with Crippen molar-refractivity contribution in [3.8, 4) is 6.07 Å². The average molecular weight is 276 g/mol. The summed E-state index contributed by atoms with van der Waals surface area (Å²) in [6.45, 7) is 3.63. The normalized spacial score (nSPS) is 13.2. The molecule has 1 heterocycles. The molecule has 0 bridgehead atoms. The lowest BCUT2D eigenvalue weighted by atomic mass is 10.2. The number of esters is 1. The summed E-state index contributed by atoms with van der Waals surface area (Å²) in [4.78, 5) is 16.0. The molecule has 0 atom stereocenters. The van der Waals surface area contributed by atoms with Crippen LogP contribution < -0.4 is 0 Å². The van der Waals surface area contributed by atoms with E-state index in [9.17, 15) is 4.79 Å². The van der Waals surface area contributed by atoms with Crippen LogP contribution in [0.3, 0.4) is 0 Å². The van der Waals surface area contributed by atoms with E-state index in [-0.39, 0.29) is 17.8 Å². The minimum absolute atomic E-state index is 0.114. The minimum atomic E-state index is -0.272. The van der Waals surface area contributed by atoms with Gasteiger partial charge in [-0.2, -0.15) is 5.26 Å².